The molecule has 0 radical (unpaired) electrons. The fourth-order valence-electron chi connectivity index (χ4n) is 2.93. The van der Waals surface area contributed by atoms with Crippen molar-refractivity contribution in [3.8, 4) is 0 Å². The second-order valence-corrected chi connectivity index (χ2v) is 8.26. The van der Waals surface area contributed by atoms with E-state index in [9.17, 15) is 5.11 Å². The van der Waals surface area contributed by atoms with E-state index >= 15 is 0 Å². The molecule has 1 atom stereocenters. The van der Waals surface area contributed by atoms with Crippen LogP contribution in [0, 0.1) is 5.92 Å². The molecule has 3 N–H and O–H groups in total. The SMILES string of the molecule is CC(N)(CO)CCc1ccc(/C=C/COCC2CCCCC2)s1. The number of rotatable bonds is 9. The van der Waals surface area contributed by atoms with Crippen molar-refractivity contribution >= 4 is 17.4 Å². The fourth-order valence-corrected chi connectivity index (χ4v) is 3.87. The van der Waals surface area contributed by atoms with Gasteiger partial charge < -0.3 is 15.6 Å². The third kappa shape index (κ3) is 7.17. The molecule has 0 aliphatic heterocycles. The van der Waals surface area contributed by atoms with Crippen molar-refractivity contribution in [2.45, 2.75) is 57.4 Å². The largest absolute Gasteiger partial charge is 0.394 e. The number of aryl methyl sites for hydroxylation is 1. The molecular weight excluding hydrogens is 306 g/mol. The molecule has 3 nitrogen and oxygen atoms in total. The minimum atomic E-state index is -0.479. The van der Waals surface area contributed by atoms with Gasteiger partial charge in [0, 0.05) is 21.9 Å². The lowest BCUT2D eigenvalue weighted by molar-refractivity contribution is 0.106. The number of ether oxygens (including phenoxy) is 1. The number of aliphatic hydroxyl groups excluding tert-OH is 1. The first-order valence-corrected chi connectivity index (χ1v) is 9.63. The Balaban J connectivity index is 1.65. The van der Waals surface area contributed by atoms with Gasteiger partial charge in [0.2, 0.25) is 0 Å². The zero-order valence-corrected chi connectivity index (χ0v) is 15.1. The van der Waals surface area contributed by atoms with Gasteiger partial charge in [-0.1, -0.05) is 25.3 Å². The van der Waals surface area contributed by atoms with E-state index in [1.807, 2.05) is 6.92 Å². The molecule has 23 heavy (non-hydrogen) atoms. The number of aliphatic hydroxyl groups is 1. The maximum absolute atomic E-state index is 9.19. The van der Waals surface area contributed by atoms with Gasteiger partial charge in [-0.15, -0.1) is 11.3 Å². The summed E-state index contributed by atoms with van der Waals surface area (Å²) in [7, 11) is 0. The first-order valence-electron chi connectivity index (χ1n) is 8.82. The summed E-state index contributed by atoms with van der Waals surface area (Å²) in [6.07, 6.45) is 12.8. The Morgan fingerprint density at radius 1 is 1.35 bits per heavy atom. The Hall–Kier alpha value is -0.680. The summed E-state index contributed by atoms with van der Waals surface area (Å²) in [6.45, 7) is 3.54. The second-order valence-electron chi connectivity index (χ2n) is 7.06. The van der Waals surface area contributed by atoms with Crippen molar-refractivity contribution in [1.82, 2.24) is 0 Å². The lowest BCUT2D eigenvalue weighted by atomic mass is 9.90. The van der Waals surface area contributed by atoms with Crippen LogP contribution in [0.25, 0.3) is 6.08 Å². The first kappa shape index (κ1) is 18.7. The van der Waals surface area contributed by atoms with E-state index in [1.54, 1.807) is 11.3 Å². The third-order valence-electron chi connectivity index (χ3n) is 4.56. The fraction of sp³-hybridized carbons (Fsp3) is 0.684. The van der Waals surface area contributed by atoms with Crippen molar-refractivity contribution < 1.29 is 9.84 Å². The van der Waals surface area contributed by atoms with Crippen LogP contribution in [0.15, 0.2) is 18.2 Å². The van der Waals surface area contributed by atoms with Gasteiger partial charge in [-0.05, 0) is 56.7 Å². The van der Waals surface area contributed by atoms with Gasteiger partial charge >= 0.3 is 0 Å². The highest BCUT2D eigenvalue weighted by molar-refractivity contribution is 7.12. The van der Waals surface area contributed by atoms with Crippen molar-refractivity contribution in [2.75, 3.05) is 19.8 Å². The first-order chi connectivity index (χ1) is 11.1. The Kier molecular flexibility index (Phi) is 7.77. The van der Waals surface area contributed by atoms with Gasteiger partial charge in [0.25, 0.3) is 0 Å². The summed E-state index contributed by atoms with van der Waals surface area (Å²) in [5.74, 6) is 0.780. The van der Waals surface area contributed by atoms with E-state index in [-0.39, 0.29) is 6.61 Å². The molecule has 1 aromatic heterocycles. The molecule has 0 aromatic carbocycles. The molecule has 1 aliphatic rings. The highest BCUT2D eigenvalue weighted by atomic mass is 32.1. The van der Waals surface area contributed by atoms with Crippen LogP contribution in [0.3, 0.4) is 0 Å². The van der Waals surface area contributed by atoms with Gasteiger partial charge in [-0.3, -0.25) is 0 Å². The Morgan fingerprint density at radius 2 is 2.13 bits per heavy atom. The predicted octanol–water partition coefficient (Wildman–Crippen LogP) is 4.00. The molecule has 2 rings (SSSR count). The molecule has 1 fully saturated rings. The van der Waals surface area contributed by atoms with Crippen molar-refractivity contribution in [3.63, 3.8) is 0 Å². The van der Waals surface area contributed by atoms with Crippen LogP contribution in [-0.4, -0.2) is 30.5 Å². The molecule has 0 saturated heterocycles. The van der Waals surface area contributed by atoms with E-state index < -0.39 is 5.54 Å². The molecule has 1 aromatic rings. The summed E-state index contributed by atoms with van der Waals surface area (Å²) in [5.41, 5.74) is 5.49. The summed E-state index contributed by atoms with van der Waals surface area (Å²) in [5, 5.41) is 9.19. The molecule has 1 aliphatic carbocycles. The predicted molar refractivity (Wildman–Crippen MR) is 98.7 cm³/mol. The molecule has 0 amide bonds. The Bertz CT molecular complexity index is 475. The van der Waals surface area contributed by atoms with Crippen LogP contribution in [0.4, 0.5) is 0 Å². The van der Waals surface area contributed by atoms with E-state index in [0.717, 1.165) is 25.4 Å². The molecule has 0 spiro atoms. The second kappa shape index (κ2) is 9.58. The minimum absolute atomic E-state index is 0.0312. The summed E-state index contributed by atoms with van der Waals surface area (Å²) in [6, 6.07) is 4.30. The molecule has 1 unspecified atom stereocenters. The Morgan fingerprint density at radius 3 is 2.87 bits per heavy atom. The monoisotopic (exact) mass is 337 g/mol. The highest BCUT2D eigenvalue weighted by Crippen LogP contribution is 2.24. The average Bonchev–Trinajstić information content (AvgIpc) is 3.02. The van der Waals surface area contributed by atoms with E-state index in [0.29, 0.717) is 6.61 Å². The third-order valence-corrected chi connectivity index (χ3v) is 5.67. The normalized spacial score (nSPS) is 19.3. The van der Waals surface area contributed by atoms with E-state index in [1.165, 1.54) is 41.9 Å². The number of hydrogen-bond donors (Lipinski definition) is 2. The van der Waals surface area contributed by atoms with Crippen LogP contribution < -0.4 is 5.73 Å². The van der Waals surface area contributed by atoms with Crippen LogP contribution in [0.1, 0.15) is 55.2 Å². The number of hydrogen-bond acceptors (Lipinski definition) is 4. The number of thiophene rings is 1. The van der Waals surface area contributed by atoms with Crippen molar-refractivity contribution in [1.29, 1.82) is 0 Å². The molecule has 0 bridgehead atoms. The molecule has 1 saturated carbocycles. The van der Waals surface area contributed by atoms with Crippen LogP contribution >= 0.6 is 11.3 Å². The quantitative estimate of drug-likeness (QED) is 0.670. The number of nitrogens with two attached hydrogens (primary N) is 1. The smallest absolute Gasteiger partial charge is 0.0651 e. The Labute approximate surface area is 144 Å². The van der Waals surface area contributed by atoms with E-state index in [2.05, 4.69) is 24.3 Å². The van der Waals surface area contributed by atoms with E-state index in [4.69, 9.17) is 10.5 Å². The van der Waals surface area contributed by atoms with Gasteiger partial charge in [0.1, 0.15) is 0 Å². The lowest BCUT2D eigenvalue weighted by Gasteiger charge is -2.20. The lowest BCUT2D eigenvalue weighted by Crippen LogP contribution is -2.40. The maximum atomic E-state index is 9.19. The van der Waals surface area contributed by atoms with Gasteiger partial charge in [-0.2, -0.15) is 0 Å². The van der Waals surface area contributed by atoms with Crippen molar-refractivity contribution in [3.05, 3.63) is 28.0 Å². The maximum Gasteiger partial charge on any atom is 0.0651 e. The van der Waals surface area contributed by atoms with Crippen LogP contribution in [0.5, 0.6) is 0 Å². The van der Waals surface area contributed by atoms with Gasteiger partial charge in [0.15, 0.2) is 0 Å². The summed E-state index contributed by atoms with van der Waals surface area (Å²) >= 11 is 1.79. The van der Waals surface area contributed by atoms with Crippen LogP contribution in [0.2, 0.25) is 0 Å². The highest BCUT2D eigenvalue weighted by Gasteiger charge is 2.17. The van der Waals surface area contributed by atoms with Gasteiger partial charge in [-0.25, -0.2) is 0 Å². The molecular formula is C19H31NO2S. The van der Waals surface area contributed by atoms with Gasteiger partial charge in [0.05, 0.1) is 13.2 Å². The minimum Gasteiger partial charge on any atom is -0.394 e. The summed E-state index contributed by atoms with van der Waals surface area (Å²) < 4.78 is 5.78. The standard InChI is InChI=1S/C19H31NO2S/c1-19(20,15-21)12-11-18-10-9-17(23-18)8-5-13-22-14-16-6-3-2-4-7-16/h5,8-10,16,21H,2-4,6-7,11-15,20H2,1H3/b8-5+. The molecule has 130 valence electrons. The zero-order valence-electron chi connectivity index (χ0n) is 14.3. The summed E-state index contributed by atoms with van der Waals surface area (Å²) in [4.78, 5) is 2.57. The average molecular weight is 338 g/mol. The molecule has 1 heterocycles. The van der Waals surface area contributed by atoms with Crippen molar-refractivity contribution in [2.24, 2.45) is 11.7 Å². The zero-order chi connectivity index (χ0) is 16.5. The molecule has 4 heteroatoms. The van der Waals surface area contributed by atoms with Crippen LogP contribution in [-0.2, 0) is 11.2 Å². The topological polar surface area (TPSA) is 55.5 Å².